The van der Waals surface area contributed by atoms with Crippen molar-refractivity contribution in [2.75, 3.05) is 26.8 Å². The van der Waals surface area contributed by atoms with Crippen LogP contribution in [0, 0.1) is 5.92 Å². The molecule has 1 aromatic heterocycles. The molecule has 0 aliphatic carbocycles. The molecule has 1 amide bonds. The summed E-state index contributed by atoms with van der Waals surface area (Å²) in [7, 11) is 1.59. The lowest BCUT2D eigenvalue weighted by molar-refractivity contribution is -0.119. The predicted molar refractivity (Wildman–Crippen MR) is 74.2 cm³/mol. The van der Waals surface area contributed by atoms with Crippen molar-refractivity contribution in [3.05, 3.63) is 23.9 Å². The summed E-state index contributed by atoms with van der Waals surface area (Å²) >= 11 is 0. The Kier molecular flexibility index (Phi) is 4.92. The van der Waals surface area contributed by atoms with E-state index in [1.165, 1.54) is 6.92 Å². The highest BCUT2D eigenvalue weighted by Gasteiger charge is 2.32. The van der Waals surface area contributed by atoms with Crippen molar-refractivity contribution < 1.29 is 14.6 Å². The lowest BCUT2D eigenvalue weighted by atomic mass is 10.1. The molecule has 2 atom stereocenters. The first-order chi connectivity index (χ1) is 9.62. The third kappa shape index (κ3) is 3.68. The quantitative estimate of drug-likeness (QED) is 0.795. The van der Waals surface area contributed by atoms with Crippen molar-refractivity contribution in [1.82, 2.24) is 15.2 Å². The summed E-state index contributed by atoms with van der Waals surface area (Å²) < 4.78 is 5.11. The number of rotatable bonds is 5. The molecule has 1 saturated heterocycles. The largest absolute Gasteiger partial charge is 0.481 e. The van der Waals surface area contributed by atoms with Crippen LogP contribution < -0.4 is 10.1 Å². The van der Waals surface area contributed by atoms with Gasteiger partial charge in [-0.2, -0.15) is 0 Å². The van der Waals surface area contributed by atoms with Crippen molar-refractivity contribution in [2.45, 2.75) is 19.5 Å². The number of carbonyl (C=O) groups excluding carboxylic acids is 1. The van der Waals surface area contributed by atoms with Crippen molar-refractivity contribution >= 4 is 5.91 Å². The van der Waals surface area contributed by atoms with Gasteiger partial charge in [0.05, 0.1) is 12.8 Å². The molecule has 0 spiro atoms. The molecule has 0 saturated carbocycles. The van der Waals surface area contributed by atoms with Gasteiger partial charge in [-0.15, -0.1) is 0 Å². The van der Waals surface area contributed by atoms with Crippen LogP contribution in [0.3, 0.4) is 0 Å². The lowest BCUT2D eigenvalue weighted by Crippen LogP contribution is -2.40. The fourth-order valence-corrected chi connectivity index (χ4v) is 2.59. The molecule has 6 heteroatoms. The van der Waals surface area contributed by atoms with Crippen LogP contribution in [0.4, 0.5) is 0 Å². The zero-order chi connectivity index (χ0) is 14.5. The fraction of sp³-hybridized carbons (Fsp3) is 0.571. The summed E-state index contributed by atoms with van der Waals surface area (Å²) in [6, 6.07) is 5.67. The molecule has 1 aliphatic rings. The third-order valence-corrected chi connectivity index (χ3v) is 3.52. The van der Waals surface area contributed by atoms with Gasteiger partial charge in [0.2, 0.25) is 11.8 Å². The van der Waals surface area contributed by atoms with Gasteiger partial charge in [-0.1, -0.05) is 6.07 Å². The van der Waals surface area contributed by atoms with Crippen LogP contribution in [0.5, 0.6) is 5.88 Å². The lowest BCUT2D eigenvalue weighted by Gasteiger charge is -2.16. The number of likely N-dealkylation sites (tertiary alicyclic amines) is 1. The molecule has 0 aromatic carbocycles. The molecule has 1 fully saturated rings. The second-order valence-electron chi connectivity index (χ2n) is 5.12. The van der Waals surface area contributed by atoms with Crippen LogP contribution in [0.15, 0.2) is 18.2 Å². The SMILES string of the molecule is COc1cccc(CN2C[C@@H](CO)[C@H](NC(C)=O)C2)n1. The molecule has 2 rings (SSSR count). The average Bonchev–Trinajstić information content (AvgIpc) is 2.80. The Balaban J connectivity index is 1.98. The van der Waals surface area contributed by atoms with Crippen molar-refractivity contribution in [3.8, 4) is 5.88 Å². The standard InChI is InChI=1S/C14H21N3O3/c1-10(19)15-13-8-17(6-11(13)9-18)7-12-4-3-5-14(16-12)20-2/h3-5,11,13,18H,6-9H2,1-2H3,(H,15,19)/t11-,13+/m0/s1. The van der Waals surface area contributed by atoms with E-state index >= 15 is 0 Å². The normalized spacial score (nSPS) is 22.8. The van der Waals surface area contributed by atoms with Gasteiger partial charge in [0.25, 0.3) is 0 Å². The van der Waals surface area contributed by atoms with Gasteiger partial charge in [-0.05, 0) is 6.07 Å². The number of nitrogens with one attached hydrogen (secondary N) is 1. The number of hydrogen-bond donors (Lipinski definition) is 2. The van der Waals surface area contributed by atoms with E-state index in [9.17, 15) is 9.90 Å². The van der Waals surface area contributed by atoms with Crippen LogP contribution >= 0.6 is 0 Å². The van der Waals surface area contributed by atoms with Gasteiger partial charge in [0.1, 0.15) is 0 Å². The van der Waals surface area contributed by atoms with Gasteiger partial charge in [-0.3, -0.25) is 9.69 Å². The number of aliphatic hydroxyl groups is 1. The number of methoxy groups -OCH3 is 1. The van der Waals surface area contributed by atoms with Gasteiger partial charge in [0.15, 0.2) is 0 Å². The maximum Gasteiger partial charge on any atom is 0.217 e. The Labute approximate surface area is 118 Å². The number of ether oxygens (including phenoxy) is 1. The third-order valence-electron chi connectivity index (χ3n) is 3.52. The van der Waals surface area contributed by atoms with Crippen LogP contribution in [0.2, 0.25) is 0 Å². The Morgan fingerprint density at radius 1 is 1.55 bits per heavy atom. The predicted octanol–water partition coefficient (Wildman–Crippen LogP) is 0.0190. The van der Waals surface area contributed by atoms with E-state index in [1.54, 1.807) is 7.11 Å². The molecule has 0 bridgehead atoms. The molecule has 0 unspecified atom stereocenters. The highest BCUT2D eigenvalue weighted by molar-refractivity contribution is 5.73. The Bertz CT molecular complexity index is 467. The fourth-order valence-electron chi connectivity index (χ4n) is 2.59. The monoisotopic (exact) mass is 279 g/mol. The zero-order valence-electron chi connectivity index (χ0n) is 11.9. The van der Waals surface area contributed by atoms with Crippen LogP contribution in [0.1, 0.15) is 12.6 Å². The van der Waals surface area contributed by atoms with Gasteiger partial charge >= 0.3 is 0 Å². The van der Waals surface area contributed by atoms with E-state index in [0.717, 1.165) is 18.8 Å². The van der Waals surface area contributed by atoms with Crippen LogP contribution in [-0.2, 0) is 11.3 Å². The zero-order valence-corrected chi connectivity index (χ0v) is 11.9. The minimum Gasteiger partial charge on any atom is -0.481 e. The summed E-state index contributed by atoms with van der Waals surface area (Å²) in [5.74, 6) is 0.609. The number of nitrogens with zero attached hydrogens (tertiary/aromatic N) is 2. The van der Waals surface area contributed by atoms with Crippen LogP contribution in [0.25, 0.3) is 0 Å². The Morgan fingerprint density at radius 3 is 3.00 bits per heavy atom. The maximum absolute atomic E-state index is 11.2. The summed E-state index contributed by atoms with van der Waals surface area (Å²) in [6.07, 6.45) is 0. The minimum absolute atomic E-state index is 0.00288. The molecule has 1 aliphatic heterocycles. The van der Waals surface area contributed by atoms with Gasteiger partial charge in [-0.25, -0.2) is 4.98 Å². The van der Waals surface area contributed by atoms with Crippen LogP contribution in [-0.4, -0.2) is 53.7 Å². The Hall–Kier alpha value is -1.66. The van der Waals surface area contributed by atoms with Crippen molar-refractivity contribution in [2.24, 2.45) is 5.92 Å². The Morgan fingerprint density at radius 2 is 2.35 bits per heavy atom. The minimum atomic E-state index is -0.0604. The average molecular weight is 279 g/mol. The molecule has 2 heterocycles. The highest BCUT2D eigenvalue weighted by Crippen LogP contribution is 2.19. The van der Waals surface area contributed by atoms with E-state index < -0.39 is 0 Å². The number of aromatic nitrogens is 1. The number of pyridine rings is 1. The molecule has 110 valence electrons. The number of hydrogen-bond acceptors (Lipinski definition) is 5. The maximum atomic E-state index is 11.2. The molecule has 2 N–H and O–H groups in total. The first-order valence-electron chi connectivity index (χ1n) is 6.72. The first kappa shape index (κ1) is 14.7. The molecular weight excluding hydrogens is 258 g/mol. The van der Waals surface area contributed by atoms with Crippen molar-refractivity contribution in [1.29, 1.82) is 0 Å². The molecule has 0 radical (unpaired) electrons. The van der Waals surface area contributed by atoms with E-state index in [-0.39, 0.29) is 24.5 Å². The van der Waals surface area contributed by atoms with E-state index in [4.69, 9.17) is 4.74 Å². The van der Waals surface area contributed by atoms with Gasteiger partial charge in [0, 0.05) is 51.2 Å². The van der Waals surface area contributed by atoms with E-state index in [0.29, 0.717) is 12.4 Å². The number of amides is 1. The molecule has 20 heavy (non-hydrogen) atoms. The summed E-state index contributed by atoms with van der Waals surface area (Å²) in [5, 5.41) is 12.3. The number of aliphatic hydroxyl groups excluding tert-OH is 1. The summed E-state index contributed by atoms with van der Waals surface area (Å²) in [6.45, 7) is 3.74. The summed E-state index contributed by atoms with van der Waals surface area (Å²) in [4.78, 5) is 17.7. The smallest absolute Gasteiger partial charge is 0.217 e. The highest BCUT2D eigenvalue weighted by atomic mass is 16.5. The second kappa shape index (κ2) is 6.67. The molecule has 6 nitrogen and oxygen atoms in total. The topological polar surface area (TPSA) is 74.7 Å². The van der Waals surface area contributed by atoms with Gasteiger partial charge < -0.3 is 15.2 Å². The van der Waals surface area contributed by atoms with Crippen molar-refractivity contribution in [3.63, 3.8) is 0 Å². The van der Waals surface area contributed by atoms with E-state index in [2.05, 4.69) is 15.2 Å². The molecule has 1 aromatic rings. The first-order valence-corrected chi connectivity index (χ1v) is 6.72. The number of carbonyl (C=O) groups is 1. The van der Waals surface area contributed by atoms with E-state index in [1.807, 2.05) is 18.2 Å². The molecular formula is C14H21N3O3. The summed E-state index contributed by atoms with van der Waals surface area (Å²) in [5.41, 5.74) is 0.921. The second-order valence-corrected chi connectivity index (χ2v) is 5.12.